The summed E-state index contributed by atoms with van der Waals surface area (Å²) in [5.74, 6) is 2.67. The van der Waals surface area contributed by atoms with Crippen molar-refractivity contribution in [3.63, 3.8) is 0 Å². The van der Waals surface area contributed by atoms with E-state index in [1.54, 1.807) is 6.07 Å². The van der Waals surface area contributed by atoms with Crippen LogP contribution in [0.4, 0.5) is 4.39 Å². The zero-order valence-corrected chi connectivity index (χ0v) is 13.5. The minimum Gasteiger partial charge on any atom is -0.357 e. The summed E-state index contributed by atoms with van der Waals surface area (Å²) in [6, 6.07) is 6.79. The third-order valence-electron chi connectivity index (χ3n) is 3.43. The lowest BCUT2D eigenvalue weighted by Gasteiger charge is -2.24. The van der Waals surface area contributed by atoms with Crippen molar-refractivity contribution in [2.45, 2.75) is 32.4 Å². The number of thioether (sulfide) groups is 1. The number of nitriles is 1. The van der Waals surface area contributed by atoms with E-state index in [2.05, 4.69) is 15.6 Å². The van der Waals surface area contributed by atoms with Crippen molar-refractivity contribution in [2.24, 2.45) is 4.99 Å². The van der Waals surface area contributed by atoms with Crippen molar-refractivity contribution in [3.8, 4) is 6.07 Å². The zero-order valence-electron chi connectivity index (χ0n) is 12.7. The maximum Gasteiger partial charge on any atom is 0.191 e. The fraction of sp³-hybridized carbons (Fsp3) is 0.500. The molecular formula is C16H21FN4S. The molecule has 6 heteroatoms. The van der Waals surface area contributed by atoms with Crippen LogP contribution in [0.5, 0.6) is 0 Å². The van der Waals surface area contributed by atoms with Crippen molar-refractivity contribution in [2.75, 3.05) is 18.1 Å². The Hall–Kier alpha value is -1.74. The van der Waals surface area contributed by atoms with Crippen LogP contribution in [0.3, 0.4) is 0 Å². The van der Waals surface area contributed by atoms with Gasteiger partial charge in [-0.2, -0.15) is 17.0 Å². The summed E-state index contributed by atoms with van der Waals surface area (Å²) in [6.45, 7) is 2.98. The summed E-state index contributed by atoms with van der Waals surface area (Å²) < 4.78 is 13.8. The van der Waals surface area contributed by atoms with E-state index in [1.165, 1.54) is 24.3 Å². The van der Waals surface area contributed by atoms with Crippen molar-refractivity contribution < 1.29 is 4.39 Å². The molecule has 0 aliphatic carbocycles. The minimum absolute atomic E-state index is 0.219. The highest BCUT2D eigenvalue weighted by atomic mass is 32.2. The van der Waals surface area contributed by atoms with Crippen molar-refractivity contribution in [1.82, 2.24) is 10.6 Å². The van der Waals surface area contributed by atoms with E-state index in [-0.39, 0.29) is 12.4 Å². The van der Waals surface area contributed by atoms with Crippen LogP contribution in [0.25, 0.3) is 0 Å². The molecule has 1 aromatic rings. The Kier molecular flexibility index (Phi) is 6.53. The van der Waals surface area contributed by atoms with Crippen LogP contribution < -0.4 is 10.6 Å². The molecule has 0 aromatic heterocycles. The molecule has 1 heterocycles. The smallest absolute Gasteiger partial charge is 0.191 e. The Morgan fingerprint density at radius 3 is 3.09 bits per heavy atom. The van der Waals surface area contributed by atoms with Gasteiger partial charge in [-0.15, -0.1) is 0 Å². The van der Waals surface area contributed by atoms with E-state index in [1.807, 2.05) is 24.8 Å². The van der Waals surface area contributed by atoms with Gasteiger partial charge in [-0.05, 0) is 43.7 Å². The summed E-state index contributed by atoms with van der Waals surface area (Å²) in [4.78, 5) is 4.45. The quantitative estimate of drug-likeness (QED) is 0.661. The summed E-state index contributed by atoms with van der Waals surface area (Å²) >= 11 is 1.94. The molecule has 0 amide bonds. The van der Waals surface area contributed by atoms with E-state index in [9.17, 15) is 4.39 Å². The summed E-state index contributed by atoms with van der Waals surface area (Å²) in [6.07, 6.45) is 2.34. The number of rotatable bonds is 4. The normalized spacial score (nSPS) is 18.6. The SMILES string of the molecule is CCNC(=NCc1cc(C#N)ccc1F)NC1CCCSC1. The third kappa shape index (κ3) is 4.92. The second-order valence-corrected chi connectivity index (χ2v) is 6.32. The fourth-order valence-electron chi connectivity index (χ4n) is 2.30. The van der Waals surface area contributed by atoms with Crippen LogP contribution in [0.1, 0.15) is 30.9 Å². The standard InChI is InChI=1S/C16H21FN4S/c1-2-19-16(21-14-4-3-7-22-11-14)20-10-13-8-12(9-18)5-6-15(13)17/h5-6,8,14H,2-4,7,10-11H2,1H3,(H2,19,20,21). The third-order valence-corrected chi connectivity index (χ3v) is 4.64. The number of nitrogens with one attached hydrogen (secondary N) is 2. The molecule has 1 aromatic carbocycles. The van der Waals surface area contributed by atoms with Crippen LogP contribution in [-0.4, -0.2) is 30.1 Å². The molecule has 1 aliphatic rings. The Balaban J connectivity index is 2.04. The maximum atomic E-state index is 13.8. The minimum atomic E-state index is -0.327. The molecule has 0 saturated carbocycles. The van der Waals surface area contributed by atoms with Gasteiger partial charge in [0.05, 0.1) is 18.2 Å². The predicted molar refractivity (Wildman–Crippen MR) is 89.4 cm³/mol. The second-order valence-electron chi connectivity index (χ2n) is 5.17. The molecule has 1 saturated heterocycles. The van der Waals surface area contributed by atoms with E-state index >= 15 is 0 Å². The Morgan fingerprint density at radius 1 is 1.55 bits per heavy atom. The molecule has 1 fully saturated rings. The maximum absolute atomic E-state index is 13.8. The van der Waals surface area contributed by atoms with Gasteiger partial charge in [0, 0.05) is 23.9 Å². The number of nitrogens with zero attached hydrogens (tertiary/aromatic N) is 2. The summed E-state index contributed by atoms with van der Waals surface area (Å²) in [5, 5.41) is 15.5. The lowest BCUT2D eigenvalue weighted by Crippen LogP contribution is -2.45. The molecule has 0 radical (unpaired) electrons. The first-order valence-corrected chi connectivity index (χ1v) is 8.69. The van der Waals surface area contributed by atoms with Crippen molar-refractivity contribution in [3.05, 3.63) is 35.1 Å². The number of guanidine groups is 1. The Bertz CT molecular complexity index is 562. The molecule has 1 unspecified atom stereocenters. The highest BCUT2D eigenvalue weighted by Crippen LogP contribution is 2.17. The van der Waals surface area contributed by atoms with Crippen LogP contribution in [0, 0.1) is 17.1 Å². The first-order chi connectivity index (χ1) is 10.7. The van der Waals surface area contributed by atoms with Gasteiger partial charge in [0.2, 0.25) is 0 Å². The molecule has 2 rings (SSSR count). The van der Waals surface area contributed by atoms with Gasteiger partial charge in [0.1, 0.15) is 5.82 Å². The highest BCUT2D eigenvalue weighted by Gasteiger charge is 2.14. The average molecular weight is 320 g/mol. The van der Waals surface area contributed by atoms with Gasteiger partial charge in [0.25, 0.3) is 0 Å². The van der Waals surface area contributed by atoms with E-state index in [4.69, 9.17) is 5.26 Å². The van der Waals surface area contributed by atoms with Gasteiger partial charge >= 0.3 is 0 Å². The molecule has 0 spiro atoms. The van der Waals surface area contributed by atoms with E-state index in [0.717, 1.165) is 18.7 Å². The molecule has 4 nitrogen and oxygen atoms in total. The van der Waals surface area contributed by atoms with E-state index < -0.39 is 0 Å². The van der Waals surface area contributed by atoms with Gasteiger partial charge in [-0.3, -0.25) is 0 Å². The molecule has 2 N–H and O–H groups in total. The average Bonchev–Trinajstić information content (AvgIpc) is 2.55. The molecular weight excluding hydrogens is 299 g/mol. The second kappa shape index (κ2) is 8.64. The highest BCUT2D eigenvalue weighted by molar-refractivity contribution is 7.99. The van der Waals surface area contributed by atoms with E-state index in [0.29, 0.717) is 23.1 Å². The number of aliphatic imine (C=N–C) groups is 1. The summed E-state index contributed by atoms with van der Waals surface area (Å²) in [5.41, 5.74) is 0.891. The topological polar surface area (TPSA) is 60.2 Å². The number of benzene rings is 1. The van der Waals surface area contributed by atoms with Crippen LogP contribution in [0.15, 0.2) is 23.2 Å². The van der Waals surface area contributed by atoms with Crippen molar-refractivity contribution >= 4 is 17.7 Å². The molecule has 1 atom stereocenters. The number of hydrogen-bond acceptors (Lipinski definition) is 3. The summed E-state index contributed by atoms with van der Waals surface area (Å²) in [7, 11) is 0. The lowest BCUT2D eigenvalue weighted by atomic mass is 10.1. The molecule has 1 aliphatic heterocycles. The first-order valence-electron chi connectivity index (χ1n) is 7.54. The van der Waals surface area contributed by atoms with Gasteiger partial charge in [-0.1, -0.05) is 0 Å². The Labute approximate surface area is 135 Å². The fourth-order valence-corrected chi connectivity index (χ4v) is 3.37. The van der Waals surface area contributed by atoms with Gasteiger partial charge < -0.3 is 10.6 Å². The number of halogens is 1. The van der Waals surface area contributed by atoms with Crippen LogP contribution in [0.2, 0.25) is 0 Å². The van der Waals surface area contributed by atoms with Crippen LogP contribution in [-0.2, 0) is 6.54 Å². The van der Waals surface area contributed by atoms with Crippen molar-refractivity contribution in [1.29, 1.82) is 5.26 Å². The largest absolute Gasteiger partial charge is 0.357 e. The zero-order chi connectivity index (χ0) is 15.8. The van der Waals surface area contributed by atoms with Gasteiger partial charge in [0.15, 0.2) is 5.96 Å². The first kappa shape index (κ1) is 16.6. The number of hydrogen-bond donors (Lipinski definition) is 2. The molecule has 0 bridgehead atoms. The lowest BCUT2D eigenvalue weighted by molar-refractivity contribution is 0.580. The monoisotopic (exact) mass is 320 g/mol. The Morgan fingerprint density at radius 2 is 2.41 bits per heavy atom. The molecule has 22 heavy (non-hydrogen) atoms. The predicted octanol–water partition coefficient (Wildman–Crippen LogP) is 2.65. The van der Waals surface area contributed by atoms with Gasteiger partial charge in [-0.25, -0.2) is 9.38 Å². The molecule has 118 valence electrons. The van der Waals surface area contributed by atoms with Crippen LogP contribution >= 0.6 is 11.8 Å².